The van der Waals surface area contributed by atoms with Crippen molar-refractivity contribution in [2.24, 2.45) is 5.73 Å². The number of allylic oxidation sites excluding steroid dienone is 1. The van der Waals surface area contributed by atoms with Gasteiger partial charge in [0.25, 0.3) is 0 Å². The molecule has 1 fully saturated rings. The first kappa shape index (κ1) is 15.7. The molecule has 1 saturated heterocycles. The van der Waals surface area contributed by atoms with E-state index in [0.29, 0.717) is 25.1 Å². The average molecular weight is 311 g/mol. The summed E-state index contributed by atoms with van der Waals surface area (Å²) in [6.45, 7) is 6.79. The van der Waals surface area contributed by atoms with Gasteiger partial charge in [0.05, 0.1) is 16.5 Å². The Hall–Kier alpha value is -0.660. The molecule has 2 rings (SSSR count). The van der Waals surface area contributed by atoms with Gasteiger partial charge in [-0.1, -0.05) is 12.7 Å². The Morgan fingerprint density at radius 3 is 3.15 bits per heavy atom. The van der Waals surface area contributed by atoms with Crippen molar-refractivity contribution in [1.82, 2.24) is 10.3 Å². The number of rotatable bonds is 7. The smallest absolute Gasteiger partial charge is 0.121 e. The van der Waals surface area contributed by atoms with E-state index in [4.69, 9.17) is 15.5 Å². The quantitative estimate of drug-likeness (QED) is 0.722. The van der Waals surface area contributed by atoms with Gasteiger partial charge in [0.1, 0.15) is 10.4 Å². The lowest BCUT2D eigenvalue weighted by Gasteiger charge is -2.02. The monoisotopic (exact) mass is 311 g/mol. The van der Waals surface area contributed by atoms with Crippen LogP contribution in [0.15, 0.2) is 12.7 Å². The molecule has 1 unspecified atom stereocenters. The van der Waals surface area contributed by atoms with Crippen LogP contribution >= 0.6 is 23.1 Å². The average Bonchev–Trinajstić information content (AvgIpc) is 3.08. The van der Waals surface area contributed by atoms with Crippen molar-refractivity contribution in [1.29, 1.82) is 0 Å². The zero-order valence-electron chi connectivity index (χ0n) is 11.5. The molecule has 1 aliphatic heterocycles. The number of hydrogen-bond acceptors (Lipinski definition) is 6. The molecule has 1 aromatic heterocycles. The van der Waals surface area contributed by atoms with Gasteiger partial charge >= 0.3 is 0 Å². The van der Waals surface area contributed by atoms with Crippen molar-refractivity contribution in [2.75, 3.05) is 32.1 Å². The molecule has 1 aromatic rings. The van der Waals surface area contributed by atoms with E-state index in [2.05, 4.69) is 18.0 Å². The first-order valence-corrected chi connectivity index (χ1v) is 8.64. The van der Waals surface area contributed by atoms with Crippen molar-refractivity contribution in [3.63, 3.8) is 0 Å². The van der Waals surface area contributed by atoms with Gasteiger partial charge in [-0.05, 0) is 25.1 Å². The predicted molar refractivity (Wildman–Crippen MR) is 88.2 cm³/mol. The molecule has 20 heavy (non-hydrogen) atoms. The number of nitrogens with zero attached hydrogens (tertiary/aromatic N) is 1. The van der Waals surface area contributed by atoms with E-state index in [1.807, 2.05) is 17.8 Å². The molecule has 0 aliphatic carbocycles. The van der Waals surface area contributed by atoms with Gasteiger partial charge in [0.2, 0.25) is 0 Å². The molecule has 0 saturated carbocycles. The van der Waals surface area contributed by atoms with Crippen LogP contribution in [-0.4, -0.2) is 37.0 Å². The van der Waals surface area contributed by atoms with Gasteiger partial charge in [0.15, 0.2) is 0 Å². The predicted octanol–water partition coefficient (Wildman–Crippen LogP) is 0.591. The number of nitrogens with two attached hydrogens (primary N) is 1. The Kier molecular flexibility index (Phi) is 6.75. The maximum Gasteiger partial charge on any atom is 0.121 e. The van der Waals surface area contributed by atoms with Gasteiger partial charge in [-0.15, -0.1) is 23.1 Å². The Balaban J connectivity index is 2.11. The number of thioether (sulfide) groups is 1. The van der Waals surface area contributed by atoms with E-state index in [9.17, 15) is 0 Å². The van der Waals surface area contributed by atoms with E-state index in [0.717, 1.165) is 33.6 Å². The second-order valence-corrected chi connectivity index (χ2v) is 6.61. The molecule has 1 atom stereocenters. The molecular formula is C14H21N3OS2. The third kappa shape index (κ3) is 4.43. The van der Waals surface area contributed by atoms with Crippen LogP contribution < -0.4 is 20.9 Å². The van der Waals surface area contributed by atoms with Gasteiger partial charge in [0, 0.05) is 18.9 Å². The molecule has 2 heterocycles. The maximum atomic E-state index is 5.53. The molecule has 6 heteroatoms. The van der Waals surface area contributed by atoms with Crippen LogP contribution in [0.5, 0.6) is 0 Å². The van der Waals surface area contributed by atoms with Gasteiger partial charge in [-0.3, -0.25) is 5.32 Å². The molecule has 4 nitrogen and oxygen atoms in total. The van der Waals surface area contributed by atoms with Crippen LogP contribution in [0, 0.1) is 0 Å². The number of ether oxygens (including phenoxy) is 1. The van der Waals surface area contributed by atoms with E-state index in [1.54, 1.807) is 17.4 Å². The largest absolute Gasteiger partial charge is 0.377 e. The van der Waals surface area contributed by atoms with E-state index < -0.39 is 0 Å². The molecule has 110 valence electrons. The highest BCUT2D eigenvalue weighted by molar-refractivity contribution is 7.99. The third-order valence-electron chi connectivity index (χ3n) is 2.79. The minimum atomic E-state index is 0.331. The second kappa shape index (κ2) is 8.59. The summed E-state index contributed by atoms with van der Waals surface area (Å²) in [6, 6.07) is 0. The maximum absolute atomic E-state index is 5.53. The summed E-state index contributed by atoms with van der Waals surface area (Å²) in [4.78, 5) is 4.70. The van der Waals surface area contributed by atoms with E-state index in [-0.39, 0.29) is 0 Å². The third-order valence-corrected chi connectivity index (χ3v) is 5.24. The van der Waals surface area contributed by atoms with Crippen LogP contribution in [0.2, 0.25) is 0 Å². The van der Waals surface area contributed by atoms with Crippen molar-refractivity contribution >= 4 is 35.3 Å². The van der Waals surface area contributed by atoms with Gasteiger partial charge < -0.3 is 10.5 Å². The van der Waals surface area contributed by atoms with Crippen LogP contribution in [0.4, 0.5) is 0 Å². The Bertz CT molecular complexity index is 535. The molecule has 3 N–H and O–H groups in total. The van der Waals surface area contributed by atoms with Crippen molar-refractivity contribution < 1.29 is 4.74 Å². The van der Waals surface area contributed by atoms with Crippen molar-refractivity contribution in [3.8, 4) is 0 Å². The Morgan fingerprint density at radius 1 is 1.55 bits per heavy atom. The minimum absolute atomic E-state index is 0.331. The Labute approximate surface area is 127 Å². The number of hydrogen-bond donors (Lipinski definition) is 2. The van der Waals surface area contributed by atoms with Crippen LogP contribution in [0.25, 0.3) is 12.2 Å². The van der Waals surface area contributed by atoms with E-state index >= 15 is 0 Å². The molecule has 0 bridgehead atoms. The first-order valence-electron chi connectivity index (χ1n) is 6.77. The summed E-state index contributed by atoms with van der Waals surface area (Å²) in [5.74, 6) is 1.14. The topological polar surface area (TPSA) is 60.2 Å². The molecule has 0 amide bonds. The van der Waals surface area contributed by atoms with Gasteiger partial charge in [-0.25, -0.2) is 4.98 Å². The second-order valence-electron chi connectivity index (χ2n) is 4.33. The zero-order valence-corrected chi connectivity index (χ0v) is 13.1. The summed E-state index contributed by atoms with van der Waals surface area (Å²) in [7, 11) is 0. The normalized spacial score (nSPS) is 20.8. The summed E-state index contributed by atoms with van der Waals surface area (Å²) >= 11 is 3.64. The van der Waals surface area contributed by atoms with Gasteiger partial charge in [-0.2, -0.15) is 0 Å². The molecule has 0 radical (unpaired) electrons. The zero-order chi connectivity index (χ0) is 14.2. The van der Waals surface area contributed by atoms with Crippen molar-refractivity contribution in [2.45, 2.75) is 11.8 Å². The molecule has 0 aromatic carbocycles. The van der Waals surface area contributed by atoms with Crippen molar-refractivity contribution in [3.05, 3.63) is 27.5 Å². The van der Waals surface area contributed by atoms with E-state index in [1.165, 1.54) is 0 Å². The lowest BCUT2D eigenvalue weighted by molar-refractivity contribution is 0.168. The lowest BCUT2D eigenvalue weighted by atomic mass is 10.4. The SMILES string of the molecule is C=C/C=c1/nc(C2NCCS2)s/c1=C/COCCCN. The number of thiazole rings is 1. The standard InChI is InChI=1S/C14H21N3OS2/c1-2-4-11-12(5-9-18-8-3-6-15)20-14(17-11)13-16-7-10-19-13/h2,4-5,13,16H,1,3,6-10,15H2/b11-4+,12-5+. The molecule has 0 spiro atoms. The highest BCUT2D eigenvalue weighted by Gasteiger charge is 2.19. The molecular weight excluding hydrogens is 290 g/mol. The number of aromatic nitrogens is 1. The fourth-order valence-corrected chi connectivity index (χ4v) is 4.02. The minimum Gasteiger partial charge on any atom is -0.377 e. The van der Waals surface area contributed by atoms with Crippen LogP contribution in [0.1, 0.15) is 16.8 Å². The summed E-state index contributed by atoms with van der Waals surface area (Å²) in [5, 5.41) is 5.90. The first-order chi connectivity index (χ1) is 9.85. The summed E-state index contributed by atoms with van der Waals surface area (Å²) in [5.41, 5.74) is 5.44. The van der Waals surface area contributed by atoms with Crippen LogP contribution in [0.3, 0.4) is 0 Å². The summed E-state index contributed by atoms with van der Waals surface area (Å²) < 4.78 is 6.68. The lowest BCUT2D eigenvalue weighted by Crippen LogP contribution is -2.21. The van der Waals surface area contributed by atoms with Crippen LogP contribution in [-0.2, 0) is 4.74 Å². The fourth-order valence-electron chi connectivity index (χ4n) is 1.84. The Morgan fingerprint density at radius 2 is 2.45 bits per heavy atom. The molecule has 1 aliphatic rings. The highest BCUT2D eigenvalue weighted by atomic mass is 32.2. The fraction of sp³-hybridized carbons (Fsp3) is 0.500. The summed E-state index contributed by atoms with van der Waals surface area (Å²) in [6.07, 6.45) is 6.72. The number of nitrogens with one attached hydrogen (secondary N) is 1. The highest BCUT2D eigenvalue weighted by Crippen LogP contribution is 2.29.